The summed E-state index contributed by atoms with van der Waals surface area (Å²) in [5.41, 5.74) is 2.67. The molecule has 3 aliphatic heterocycles. The zero-order valence-corrected chi connectivity index (χ0v) is 34.2. The number of carbonyl (C=O) groups is 6. The first-order valence-corrected chi connectivity index (χ1v) is 21.1. The summed E-state index contributed by atoms with van der Waals surface area (Å²) in [7, 11) is 0. The molecular formula is C43H48N8O7S. The summed E-state index contributed by atoms with van der Waals surface area (Å²) in [6.45, 7) is 9.09. The van der Waals surface area contributed by atoms with Crippen LogP contribution in [0.5, 0.6) is 0 Å². The molecule has 4 N–H and O–H groups in total. The lowest BCUT2D eigenvalue weighted by Gasteiger charge is -2.37. The minimum absolute atomic E-state index is 0.0344. The van der Waals surface area contributed by atoms with Crippen molar-refractivity contribution in [3.05, 3.63) is 81.6 Å². The van der Waals surface area contributed by atoms with Crippen LogP contribution >= 0.6 is 11.3 Å². The Kier molecular flexibility index (Phi) is 11.1. The van der Waals surface area contributed by atoms with Crippen molar-refractivity contribution in [3.8, 4) is 0 Å². The molecule has 3 fully saturated rings. The summed E-state index contributed by atoms with van der Waals surface area (Å²) in [5.74, 6) is -2.10. The Morgan fingerprint density at radius 2 is 1.66 bits per heavy atom. The number of fused-ring (bicyclic) bond motifs is 2. The van der Waals surface area contributed by atoms with E-state index in [-0.39, 0.29) is 47.6 Å². The predicted molar refractivity (Wildman–Crippen MR) is 221 cm³/mol. The number of aromatic nitrogens is 2. The standard InChI is InChI=1S/C43H48N8O7S/c1-24-6-4-9-30(45-24)37(53)46-31-23-34-32(22-28(31)43(2,3)58)47-39(59-34)25-10-12-26(13-11-25)40(55)50-20-18-49(19-21-50)17-16-44-29-8-5-7-27-36(29)42(57)51(41(27)56)33-14-15-35(52)48-38(33)54/h4-9,22-23,25-26,33,44,58H,10-21H2,1-3H3,(H,46,53)(H,48,52,54)/t25-,26-,33?. The van der Waals surface area contributed by atoms with Crippen molar-refractivity contribution in [1.29, 1.82) is 0 Å². The molecule has 8 rings (SSSR count). The highest BCUT2D eigenvalue weighted by atomic mass is 32.1. The quantitative estimate of drug-likeness (QED) is 0.166. The highest BCUT2D eigenvalue weighted by molar-refractivity contribution is 7.18. The van der Waals surface area contributed by atoms with Crippen molar-refractivity contribution in [1.82, 2.24) is 30.0 Å². The number of carbonyl (C=O) groups excluding carboxylic acids is 6. The lowest BCUT2D eigenvalue weighted by molar-refractivity contribution is -0.138. The molecule has 2 aromatic carbocycles. The number of nitrogens with zero attached hydrogens (tertiary/aromatic N) is 5. The number of aryl methyl sites for hydroxylation is 1. The van der Waals surface area contributed by atoms with Gasteiger partial charge < -0.3 is 20.6 Å². The second-order valence-electron chi connectivity index (χ2n) is 16.4. The third kappa shape index (κ3) is 8.21. The van der Waals surface area contributed by atoms with E-state index in [0.717, 1.165) is 64.6 Å². The average Bonchev–Trinajstić information content (AvgIpc) is 3.75. The number of piperazine rings is 1. The SMILES string of the molecule is Cc1cccc(C(=O)Nc2cc3sc([C@H]4CC[C@H](C(=O)N5CCN(CCNc6cccc7c6C(=O)N(C6CCC(=O)NC6=O)C7=O)CC5)CC4)nc3cc2C(C)(C)O)n1. The van der Waals surface area contributed by atoms with Gasteiger partial charge in [0.15, 0.2) is 0 Å². The van der Waals surface area contributed by atoms with Crippen LogP contribution < -0.4 is 16.0 Å². The van der Waals surface area contributed by atoms with Gasteiger partial charge in [-0.3, -0.25) is 43.9 Å². The van der Waals surface area contributed by atoms with Gasteiger partial charge in [-0.25, -0.2) is 9.97 Å². The van der Waals surface area contributed by atoms with Crippen molar-refractivity contribution >= 4 is 68.4 Å². The molecule has 1 saturated carbocycles. The van der Waals surface area contributed by atoms with Crippen LogP contribution in [-0.4, -0.2) is 111 Å². The molecule has 16 heteroatoms. The first kappa shape index (κ1) is 40.2. The largest absolute Gasteiger partial charge is 0.386 e. The average molecular weight is 821 g/mol. The number of piperidine rings is 1. The molecule has 59 heavy (non-hydrogen) atoms. The van der Waals surface area contributed by atoms with Crippen LogP contribution in [0.25, 0.3) is 10.2 Å². The van der Waals surface area contributed by atoms with Gasteiger partial charge >= 0.3 is 0 Å². The zero-order chi connectivity index (χ0) is 41.6. The minimum atomic E-state index is -1.22. The smallest absolute Gasteiger partial charge is 0.274 e. The van der Waals surface area contributed by atoms with Crippen molar-refractivity contribution in [2.45, 2.75) is 76.9 Å². The predicted octanol–water partition coefficient (Wildman–Crippen LogP) is 4.41. The summed E-state index contributed by atoms with van der Waals surface area (Å²) in [6.07, 6.45) is 3.44. The Hall–Kier alpha value is -5.58. The van der Waals surface area contributed by atoms with Crippen LogP contribution in [-0.2, 0) is 20.0 Å². The highest BCUT2D eigenvalue weighted by Gasteiger charge is 2.45. The third-order valence-electron chi connectivity index (χ3n) is 11.9. The maximum absolute atomic E-state index is 13.7. The first-order valence-electron chi connectivity index (χ1n) is 20.3. The van der Waals surface area contributed by atoms with E-state index in [4.69, 9.17) is 4.98 Å². The molecule has 1 unspecified atom stereocenters. The van der Waals surface area contributed by atoms with E-state index in [1.807, 2.05) is 30.0 Å². The van der Waals surface area contributed by atoms with Crippen LogP contribution in [0.1, 0.15) is 106 Å². The number of benzene rings is 2. The van der Waals surface area contributed by atoms with Gasteiger partial charge in [-0.2, -0.15) is 0 Å². The molecular weight excluding hydrogens is 773 g/mol. The number of amides is 6. The molecule has 5 heterocycles. The van der Waals surface area contributed by atoms with Crippen molar-refractivity contribution in [2.75, 3.05) is 49.9 Å². The van der Waals surface area contributed by atoms with Crippen molar-refractivity contribution in [3.63, 3.8) is 0 Å². The number of hydrogen-bond donors (Lipinski definition) is 4. The summed E-state index contributed by atoms with van der Waals surface area (Å²) in [6, 6.07) is 13.0. The number of imide groups is 2. The molecule has 308 valence electrons. The number of pyridine rings is 1. The van der Waals surface area contributed by atoms with Gasteiger partial charge in [0.25, 0.3) is 17.7 Å². The van der Waals surface area contributed by atoms with E-state index in [2.05, 4.69) is 25.8 Å². The molecule has 1 atom stereocenters. The van der Waals surface area contributed by atoms with Gasteiger partial charge in [0.1, 0.15) is 11.7 Å². The van der Waals surface area contributed by atoms with E-state index in [1.54, 1.807) is 55.5 Å². The number of nitrogens with one attached hydrogen (secondary N) is 3. The van der Waals surface area contributed by atoms with E-state index in [1.165, 1.54) is 0 Å². The van der Waals surface area contributed by atoms with Crippen molar-refractivity contribution < 1.29 is 33.9 Å². The molecule has 1 aliphatic carbocycles. The van der Waals surface area contributed by atoms with E-state index < -0.39 is 35.3 Å². The normalized spacial score (nSPS) is 21.5. The highest BCUT2D eigenvalue weighted by Crippen LogP contribution is 2.42. The second-order valence-corrected chi connectivity index (χ2v) is 17.5. The molecule has 15 nitrogen and oxygen atoms in total. The lowest BCUT2D eigenvalue weighted by atomic mass is 9.81. The zero-order valence-electron chi connectivity index (χ0n) is 33.4. The van der Waals surface area contributed by atoms with E-state index in [0.29, 0.717) is 48.8 Å². The number of aliphatic hydroxyl groups is 1. The summed E-state index contributed by atoms with van der Waals surface area (Å²) in [4.78, 5) is 92.1. The van der Waals surface area contributed by atoms with Gasteiger partial charge in [0.2, 0.25) is 17.7 Å². The summed E-state index contributed by atoms with van der Waals surface area (Å²) in [5, 5.41) is 20.5. The topological polar surface area (TPSA) is 194 Å². The summed E-state index contributed by atoms with van der Waals surface area (Å²) < 4.78 is 0.916. The fourth-order valence-electron chi connectivity index (χ4n) is 8.68. The Morgan fingerprint density at radius 1 is 0.915 bits per heavy atom. The van der Waals surface area contributed by atoms with Crippen LogP contribution in [0.15, 0.2) is 48.5 Å². The maximum atomic E-state index is 13.7. The number of hydrogen-bond acceptors (Lipinski definition) is 12. The maximum Gasteiger partial charge on any atom is 0.274 e. The van der Waals surface area contributed by atoms with E-state index in [9.17, 15) is 33.9 Å². The van der Waals surface area contributed by atoms with Crippen LogP contribution in [0.2, 0.25) is 0 Å². The monoisotopic (exact) mass is 820 g/mol. The first-order chi connectivity index (χ1) is 28.2. The van der Waals surface area contributed by atoms with Gasteiger partial charge in [-0.1, -0.05) is 12.1 Å². The Bertz CT molecular complexity index is 2360. The Labute approximate surface area is 345 Å². The molecule has 4 aromatic rings. The van der Waals surface area contributed by atoms with Gasteiger partial charge in [-0.05, 0) is 89.3 Å². The molecule has 6 amide bonds. The number of rotatable bonds is 10. The number of thiazole rings is 1. The number of anilines is 2. The van der Waals surface area contributed by atoms with Crippen LogP contribution in [0.4, 0.5) is 11.4 Å². The van der Waals surface area contributed by atoms with Gasteiger partial charge in [0, 0.05) is 80.2 Å². The van der Waals surface area contributed by atoms with Crippen molar-refractivity contribution in [2.24, 2.45) is 5.92 Å². The Balaban J connectivity index is 0.823. The van der Waals surface area contributed by atoms with Gasteiger partial charge in [0.05, 0.1) is 32.0 Å². The van der Waals surface area contributed by atoms with Crippen LogP contribution in [0, 0.1) is 12.8 Å². The fourth-order valence-corrected chi connectivity index (χ4v) is 9.84. The molecule has 0 spiro atoms. The Morgan fingerprint density at radius 3 is 2.37 bits per heavy atom. The third-order valence-corrected chi connectivity index (χ3v) is 13.1. The summed E-state index contributed by atoms with van der Waals surface area (Å²) >= 11 is 1.59. The molecule has 2 saturated heterocycles. The van der Waals surface area contributed by atoms with Crippen LogP contribution in [0.3, 0.4) is 0 Å². The fraction of sp³-hybridized carbons (Fsp3) is 0.442. The molecule has 4 aliphatic rings. The van der Waals surface area contributed by atoms with E-state index >= 15 is 0 Å². The lowest BCUT2D eigenvalue weighted by Crippen LogP contribution is -2.54. The second kappa shape index (κ2) is 16.2. The molecule has 0 bridgehead atoms. The van der Waals surface area contributed by atoms with Gasteiger partial charge in [-0.15, -0.1) is 11.3 Å². The molecule has 0 radical (unpaired) electrons. The minimum Gasteiger partial charge on any atom is -0.386 e. The molecule has 2 aromatic heterocycles.